The number of nitrogens with zero attached hydrogens (tertiary/aromatic N) is 1. The van der Waals surface area contributed by atoms with Gasteiger partial charge in [-0.2, -0.15) is 0 Å². The summed E-state index contributed by atoms with van der Waals surface area (Å²) in [5, 5.41) is 12.6. The zero-order valence-electron chi connectivity index (χ0n) is 10.2. The fourth-order valence-electron chi connectivity index (χ4n) is 1.97. The van der Waals surface area contributed by atoms with Crippen LogP contribution in [0.3, 0.4) is 0 Å². The largest absolute Gasteiger partial charge is 0.394 e. The molecule has 1 aromatic heterocycles. The first-order valence-corrected chi connectivity index (χ1v) is 6.65. The molecular weight excluding hydrogens is 291 g/mol. The predicted molar refractivity (Wildman–Crippen MR) is 71.6 cm³/mol. The molecule has 104 valence electrons. The number of halogens is 2. The van der Waals surface area contributed by atoms with Crippen LogP contribution in [0.2, 0.25) is 10.3 Å². The molecule has 0 aliphatic carbocycles. The van der Waals surface area contributed by atoms with Gasteiger partial charge in [0.2, 0.25) is 0 Å². The molecule has 2 rings (SSSR count). The second-order valence-corrected chi connectivity index (χ2v) is 5.22. The Kier molecular flexibility index (Phi) is 4.62. The number of aliphatic hydroxyl groups excluding tert-OH is 1. The average Bonchev–Trinajstić information content (AvgIpc) is 2.39. The van der Waals surface area contributed by atoms with Crippen molar-refractivity contribution >= 4 is 29.1 Å². The van der Waals surface area contributed by atoms with E-state index in [0.717, 1.165) is 0 Å². The Morgan fingerprint density at radius 1 is 1.42 bits per heavy atom. The second kappa shape index (κ2) is 6.05. The lowest BCUT2D eigenvalue weighted by Crippen LogP contribution is -2.54. The van der Waals surface area contributed by atoms with E-state index < -0.39 is 5.54 Å². The number of hydrogen-bond donors (Lipinski definition) is 2. The van der Waals surface area contributed by atoms with Crippen molar-refractivity contribution in [1.29, 1.82) is 0 Å². The number of hydrogen-bond acceptors (Lipinski definition) is 4. The second-order valence-electron chi connectivity index (χ2n) is 4.48. The van der Waals surface area contributed by atoms with Gasteiger partial charge in [0.05, 0.1) is 17.7 Å². The number of amides is 1. The third-order valence-electron chi connectivity index (χ3n) is 3.19. The first-order valence-electron chi connectivity index (χ1n) is 5.89. The van der Waals surface area contributed by atoms with Crippen molar-refractivity contribution in [1.82, 2.24) is 10.3 Å². The minimum absolute atomic E-state index is 0.0464. The number of nitrogens with one attached hydrogen (secondary N) is 1. The molecular formula is C12H14Cl2N2O3. The normalized spacial score (nSPS) is 18.1. The van der Waals surface area contributed by atoms with Crippen LogP contribution in [-0.2, 0) is 4.74 Å². The van der Waals surface area contributed by atoms with E-state index in [1.807, 2.05) is 0 Å². The Bertz CT molecular complexity index is 476. The molecule has 0 saturated carbocycles. The number of carbonyl (C=O) groups excluding carboxylic acids is 1. The lowest BCUT2D eigenvalue weighted by molar-refractivity contribution is 0.0125. The fraction of sp³-hybridized carbons (Fsp3) is 0.500. The van der Waals surface area contributed by atoms with Gasteiger partial charge in [-0.15, -0.1) is 0 Å². The van der Waals surface area contributed by atoms with E-state index in [2.05, 4.69) is 10.3 Å². The Morgan fingerprint density at radius 3 is 2.68 bits per heavy atom. The van der Waals surface area contributed by atoms with Crippen LogP contribution in [-0.4, -0.2) is 41.4 Å². The molecule has 0 bridgehead atoms. The summed E-state index contributed by atoms with van der Waals surface area (Å²) in [6, 6.07) is 3.01. The molecule has 7 heteroatoms. The Labute approximate surface area is 120 Å². The summed E-state index contributed by atoms with van der Waals surface area (Å²) < 4.78 is 5.24. The van der Waals surface area contributed by atoms with Gasteiger partial charge in [0, 0.05) is 13.2 Å². The molecule has 0 unspecified atom stereocenters. The molecule has 0 atom stereocenters. The SMILES string of the molecule is O=C(NC1(CO)CCOCC1)c1ccc(Cl)nc1Cl. The molecule has 1 fully saturated rings. The van der Waals surface area contributed by atoms with Crippen molar-refractivity contribution in [2.75, 3.05) is 19.8 Å². The third-order valence-corrected chi connectivity index (χ3v) is 3.69. The molecule has 0 radical (unpaired) electrons. The smallest absolute Gasteiger partial charge is 0.254 e. The summed E-state index contributed by atoms with van der Waals surface area (Å²) in [6.45, 7) is 0.877. The highest BCUT2D eigenvalue weighted by atomic mass is 35.5. The maximum atomic E-state index is 12.2. The van der Waals surface area contributed by atoms with Gasteiger partial charge >= 0.3 is 0 Å². The molecule has 1 saturated heterocycles. The van der Waals surface area contributed by atoms with E-state index in [1.165, 1.54) is 12.1 Å². The summed E-state index contributed by atoms with van der Waals surface area (Å²) in [7, 11) is 0. The lowest BCUT2D eigenvalue weighted by Gasteiger charge is -2.36. The molecule has 5 nitrogen and oxygen atoms in total. The van der Waals surface area contributed by atoms with Gasteiger partial charge in [0.15, 0.2) is 0 Å². The van der Waals surface area contributed by atoms with E-state index in [9.17, 15) is 9.90 Å². The maximum Gasteiger partial charge on any atom is 0.254 e. The number of ether oxygens (including phenoxy) is 1. The maximum absolute atomic E-state index is 12.2. The molecule has 0 spiro atoms. The number of aromatic nitrogens is 1. The van der Waals surface area contributed by atoms with Gasteiger partial charge in [-0.25, -0.2) is 4.98 Å². The summed E-state index contributed by atoms with van der Waals surface area (Å²) in [5.74, 6) is -0.370. The molecule has 1 amide bonds. The van der Waals surface area contributed by atoms with Gasteiger partial charge in [0.1, 0.15) is 10.3 Å². The molecule has 2 N–H and O–H groups in total. The quantitative estimate of drug-likeness (QED) is 0.833. The van der Waals surface area contributed by atoms with Crippen LogP contribution in [0.1, 0.15) is 23.2 Å². The zero-order chi connectivity index (χ0) is 13.9. The van der Waals surface area contributed by atoms with Crippen molar-refractivity contribution in [3.63, 3.8) is 0 Å². The van der Waals surface area contributed by atoms with Crippen molar-refractivity contribution < 1.29 is 14.6 Å². The number of carbonyl (C=O) groups is 1. The van der Waals surface area contributed by atoms with E-state index in [-0.39, 0.29) is 28.4 Å². The van der Waals surface area contributed by atoms with Gasteiger partial charge in [-0.1, -0.05) is 23.2 Å². The summed E-state index contributed by atoms with van der Waals surface area (Å²) >= 11 is 11.6. The van der Waals surface area contributed by atoms with Crippen molar-refractivity contribution in [3.8, 4) is 0 Å². The van der Waals surface area contributed by atoms with E-state index >= 15 is 0 Å². The van der Waals surface area contributed by atoms with Crippen LogP contribution in [0.25, 0.3) is 0 Å². The summed E-state index contributed by atoms with van der Waals surface area (Å²) in [4.78, 5) is 16.0. The van der Waals surface area contributed by atoms with E-state index in [4.69, 9.17) is 27.9 Å². The van der Waals surface area contributed by atoms with Gasteiger partial charge in [0.25, 0.3) is 5.91 Å². The fourth-order valence-corrected chi connectivity index (χ4v) is 2.41. The van der Waals surface area contributed by atoms with E-state index in [1.54, 1.807) is 0 Å². The minimum Gasteiger partial charge on any atom is -0.394 e. The predicted octanol–water partition coefficient (Wildman–Crippen LogP) is 1.66. The highest BCUT2D eigenvalue weighted by molar-refractivity contribution is 6.34. The Morgan fingerprint density at radius 2 is 2.11 bits per heavy atom. The van der Waals surface area contributed by atoms with Crippen LogP contribution in [0.4, 0.5) is 0 Å². The van der Waals surface area contributed by atoms with Crippen molar-refractivity contribution in [3.05, 3.63) is 28.0 Å². The van der Waals surface area contributed by atoms with Crippen LogP contribution in [0.5, 0.6) is 0 Å². The average molecular weight is 305 g/mol. The standard InChI is InChI=1S/C12H14Cl2N2O3/c13-9-2-1-8(10(14)15-9)11(18)16-12(7-17)3-5-19-6-4-12/h1-2,17H,3-7H2,(H,16,18). The molecule has 0 aromatic carbocycles. The van der Waals surface area contributed by atoms with Gasteiger partial charge in [-0.3, -0.25) is 4.79 Å². The highest BCUT2D eigenvalue weighted by Crippen LogP contribution is 2.22. The Balaban J connectivity index is 2.15. The van der Waals surface area contributed by atoms with Crippen LogP contribution >= 0.6 is 23.2 Å². The van der Waals surface area contributed by atoms with Gasteiger partial charge < -0.3 is 15.2 Å². The molecule has 1 aromatic rings. The number of pyridine rings is 1. The Hall–Kier alpha value is -0.880. The summed E-state index contributed by atoms with van der Waals surface area (Å²) in [6.07, 6.45) is 1.13. The van der Waals surface area contributed by atoms with Crippen LogP contribution < -0.4 is 5.32 Å². The topological polar surface area (TPSA) is 71.5 Å². The monoisotopic (exact) mass is 304 g/mol. The van der Waals surface area contributed by atoms with Crippen molar-refractivity contribution in [2.24, 2.45) is 0 Å². The first-order chi connectivity index (χ1) is 9.06. The van der Waals surface area contributed by atoms with Crippen LogP contribution in [0, 0.1) is 0 Å². The van der Waals surface area contributed by atoms with Crippen molar-refractivity contribution in [2.45, 2.75) is 18.4 Å². The highest BCUT2D eigenvalue weighted by Gasteiger charge is 2.34. The molecule has 2 heterocycles. The molecule has 1 aliphatic heterocycles. The van der Waals surface area contributed by atoms with E-state index in [0.29, 0.717) is 26.1 Å². The lowest BCUT2D eigenvalue weighted by atomic mass is 9.90. The number of aliphatic hydroxyl groups is 1. The zero-order valence-corrected chi connectivity index (χ0v) is 11.7. The minimum atomic E-state index is -0.654. The molecule has 19 heavy (non-hydrogen) atoms. The first kappa shape index (κ1) is 14.5. The third kappa shape index (κ3) is 3.36. The number of rotatable bonds is 3. The van der Waals surface area contributed by atoms with Crippen LogP contribution in [0.15, 0.2) is 12.1 Å². The molecule has 1 aliphatic rings. The van der Waals surface area contributed by atoms with Gasteiger partial charge in [-0.05, 0) is 25.0 Å². The summed E-state index contributed by atoms with van der Waals surface area (Å²) in [5.41, 5.74) is -0.413.